The van der Waals surface area contributed by atoms with Crippen molar-refractivity contribution in [1.82, 2.24) is 5.32 Å². The Morgan fingerprint density at radius 3 is 1.07 bits per heavy atom. The lowest BCUT2D eigenvalue weighted by molar-refractivity contribution is -0.123. The van der Waals surface area contributed by atoms with E-state index in [1.165, 1.54) is 205 Å². The van der Waals surface area contributed by atoms with Crippen LogP contribution in [0.2, 0.25) is 0 Å². The number of unbranched alkanes of at least 4 members (excludes halogenated alkanes) is 33. The van der Waals surface area contributed by atoms with Crippen LogP contribution in [-0.4, -0.2) is 34.9 Å². The molecule has 0 aliphatic heterocycles. The molecule has 0 aromatic carbocycles. The number of carbonyl (C=O) groups is 1. The van der Waals surface area contributed by atoms with Crippen molar-refractivity contribution >= 4 is 5.91 Å². The van der Waals surface area contributed by atoms with E-state index in [0.717, 1.165) is 32.1 Å². The molecule has 2 atom stereocenters. The topological polar surface area (TPSA) is 69.6 Å². The molecule has 0 aromatic rings. The van der Waals surface area contributed by atoms with Crippen molar-refractivity contribution in [1.29, 1.82) is 0 Å². The minimum Gasteiger partial charge on any atom is -0.394 e. The van der Waals surface area contributed by atoms with E-state index in [1.807, 2.05) is 6.08 Å². The summed E-state index contributed by atoms with van der Waals surface area (Å²) >= 11 is 0. The van der Waals surface area contributed by atoms with Crippen molar-refractivity contribution in [3.63, 3.8) is 0 Å². The molecule has 0 radical (unpaired) electrons. The quantitative estimate of drug-likeness (QED) is 0.0428. The van der Waals surface area contributed by atoms with Crippen molar-refractivity contribution in [2.45, 2.75) is 270 Å². The third kappa shape index (κ3) is 41.8. The van der Waals surface area contributed by atoms with Crippen LogP contribution >= 0.6 is 0 Å². The summed E-state index contributed by atoms with van der Waals surface area (Å²) in [5.41, 5.74) is 0. The highest BCUT2D eigenvalue weighted by atomic mass is 16.3. The fourth-order valence-corrected chi connectivity index (χ4v) is 7.37. The van der Waals surface area contributed by atoms with Gasteiger partial charge in [0.15, 0.2) is 0 Å². The fraction of sp³-hybridized carbons (Fsp3) is 0.860. The molecule has 0 rings (SSSR count). The maximum absolute atomic E-state index is 12.4. The van der Waals surface area contributed by atoms with Crippen molar-refractivity contribution in [2.75, 3.05) is 6.61 Å². The van der Waals surface area contributed by atoms with E-state index in [9.17, 15) is 15.0 Å². The summed E-state index contributed by atoms with van der Waals surface area (Å²) in [6.45, 7) is 4.30. The SMILES string of the molecule is CCCCCCCCC/C=C/CC/C=C/C(O)C(CO)NC(=O)CCCCCCCCCCCCCCC/C=C\CCCCCCCCCCCCCC. The van der Waals surface area contributed by atoms with Crippen LogP contribution in [0.4, 0.5) is 0 Å². The molecule has 0 bridgehead atoms. The van der Waals surface area contributed by atoms with E-state index in [2.05, 4.69) is 43.5 Å². The largest absolute Gasteiger partial charge is 0.394 e. The van der Waals surface area contributed by atoms with E-state index < -0.39 is 12.1 Å². The Balaban J connectivity index is 3.48. The predicted molar refractivity (Wildman–Crippen MR) is 239 cm³/mol. The minimum atomic E-state index is -0.860. The third-order valence-corrected chi connectivity index (χ3v) is 11.1. The van der Waals surface area contributed by atoms with Gasteiger partial charge in [-0.15, -0.1) is 0 Å². The molecule has 4 nitrogen and oxygen atoms in total. The molecule has 0 heterocycles. The lowest BCUT2D eigenvalue weighted by Gasteiger charge is -2.19. The molecule has 4 heteroatoms. The van der Waals surface area contributed by atoms with E-state index in [4.69, 9.17) is 0 Å². The molecule has 1 amide bonds. The Hall–Kier alpha value is -1.39. The fourth-order valence-electron chi connectivity index (χ4n) is 7.37. The second kappa shape index (κ2) is 46.0. The average molecular weight is 758 g/mol. The summed E-state index contributed by atoms with van der Waals surface area (Å²) in [4.78, 5) is 12.4. The first kappa shape index (κ1) is 52.6. The number of carbonyl (C=O) groups excluding carboxylic acids is 1. The Labute approximate surface area is 338 Å². The summed E-state index contributed by atoms with van der Waals surface area (Å²) in [5.74, 6) is -0.0729. The molecule has 0 aliphatic rings. The number of allylic oxidation sites excluding steroid dienone is 5. The lowest BCUT2D eigenvalue weighted by atomic mass is 10.0. The zero-order valence-corrected chi connectivity index (χ0v) is 36.5. The summed E-state index contributed by atoms with van der Waals surface area (Å²) in [7, 11) is 0. The highest BCUT2D eigenvalue weighted by molar-refractivity contribution is 5.76. The predicted octanol–water partition coefficient (Wildman–Crippen LogP) is 15.4. The van der Waals surface area contributed by atoms with Gasteiger partial charge in [-0.05, 0) is 57.8 Å². The zero-order valence-electron chi connectivity index (χ0n) is 36.5. The highest BCUT2D eigenvalue weighted by Gasteiger charge is 2.17. The van der Waals surface area contributed by atoms with Gasteiger partial charge in [-0.2, -0.15) is 0 Å². The van der Waals surface area contributed by atoms with Gasteiger partial charge in [0, 0.05) is 6.42 Å². The third-order valence-electron chi connectivity index (χ3n) is 11.1. The van der Waals surface area contributed by atoms with Gasteiger partial charge in [0.2, 0.25) is 5.91 Å². The molecule has 3 N–H and O–H groups in total. The Kier molecular flexibility index (Phi) is 44.8. The molecule has 54 heavy (non-hydrogen) atoms. The van der Waals surface area contributed by atoms with Crippen LogP contribution in [0.25, 0.3) is 0 Å². The van der Waals surface area contributed by atoms with Gasteiger partial charge in [0.05, 0.1) is 18.8 Å². The number of aliphatic hydroxyl groups excluding tert-OH is 2. The van der Waals surface area contributed by atoms with Gasteiger partial charge >= 0.3 is 0 Å². The molecule has 0 saturated carbocycles. The smallest absolute Gasteiger partial charge is 0.220 e. The monoisotopic (exact) mass is 758 g/mol. The minimum absolute atomic E-state index is 0.0729. The normalized spacial score (nSPS) is 13.2. The van der Waals surface area contributed by atoms with Crippen LogP contribution in [0.1, 0.15) is 258 Å². The summed E-state index contributed by atoms with van der Waals surface area (Å²) in [6, 6.07) is -0.637. The van der Waals surface area contributed by atoms with Crippen molar-refractivity contribution in [3.8, 4) is 0 Å². The highest BCUT2D eigenvalue weighted by Crippen LogP contribution is 2.15. The number of hydrogen-bond acceptors (Lipinski definition) is 3. The van der Waals surface area contributed by atoms with Crippen LogP contribution in [0, 0.1) is 0 Å². The molecule has 318 valence electrons. The van der Waals surface area contributed by atoms with Gasteiger partial charge < -0.3 is 15.5 Å². The number of nitrogens with one attached hydrogen (secondary N) is 1. The molecule has 0 saturated heterocycles. The maximum Gasteiger partial charge on any atom is 0.220 e. The number of amides is 1. The Bertz CT molecular complexity index is 821. The molecule has 0 aliphatic carbocycles. The number of rotatable bonds is 44. The molecule has 2 unspecified atom stereocenters. The van der Waals surface area contributed by atoms with Crippen molar-refractivity contribution in [2.24, 2.45) is 0 Å². The summed E-state index contributed by atoms with van der Waals surface area (Å²) < 4.78 is 0. The van der Waals surface area contributed by atoms with Crippen LogP contribution in [0.15, 0.2) is 36.5 Å². The summed E-state index contributed by atoms with van der Waals surface area (Å²) in [5, 5.41) is 23.0. The Morgan fingerprint density at radius 2 is 0.722 bits per heavy atom. The van der Waals surface area contributed by atoms with Crippen LogP contribution < -0.4 is 5.32 Å². The van der Waals surface area contributed by atoms with Crippen molar-refractivity contribution in [3.05, 3.63) is 36.5 Å². The van der Waals surface area contributed by atoms with E-state index in [0.29, 0.717) is 6.42 Å². The number of aliphatic hydroxyl groups is 2. The first-order valence-electron chi connectivity index (χ1n) is 24.2. The summed E-state index contributed by atoms with van der Waals surface area (Å²) in [6.07, 6.45) is 61.4. The van der Waals surface area contributed by atoms with Gasteiger partial charge in [-0.1, -0.05) is 230 Å². The molecule has 0 aromatic heterocycles. The van der Waals surface area contributed by atoms with Gasteiger partial charge in [-0.25, -0.2) is 0 Å². The van der Waals surface area contributed by atoms with E-state index >= 15 is 0 Å². The van der Waals surface area contributed by atoms with Crippen LogP contribution in [-0.2, 0) is 4.79 Å². The van der Waals surface area contributed by atoms with Crippen molar-refractivity contribution < 1.29 is 15.0 Å². The average Bonchev–Trinajstić information content (AvgIpc) is 3.18. The Morgan fingerprint density at radius 1 is 0.426 bits per heavy atom. The first-order valence-corrected chi connectivity index (χ1v) is 24.2. The van der Waals surface area contributed by atoms with Gasteiger partial charge in [0.1, 0.15) is 0 Å². The van der Waals surface area contributed by atoms with Gasteiger partial charge in [-0.3, -0.25) is 4.79 Å². The van der Waals surface area contributed by atoms with Crippen LogP contribution in [0.3, 0.4) is 0 Å². The van der Waals surface area contributed by atoms with E-state index in [1.54, 1.807) is 6.08 Å². The molecular weight excluding hydrogens is 663 g/mol. The first-order chi connectivity index (χ1) is 26.7. The second-order valence-electron chi connectivity index (χ2n) is 16.5. The standard InChI is InChI=1S/C50H95NO3/c1-3-5-7-9-11-13-15-17-18-19-20-21-22-23-24-25-26-27-28-29-30-31-32-34-36-38-40-42-44-46-50(54)51-48(47-52)49(53)45-43-41-39-37-35-33-16-14-12-10-8-6-4-2/h23-24,35,37,43,45,48-49,52-53H,3-22,25-34,36,38-42,44,46-47H2,1-2H3,(H,51,54)/b24-23-,37-35+,45-43+. The molecule has 0 spiro atoms. The van der Waals surface area contributed by atoms with Crippen LogP contribution in [0.5, 0.6) is 0 Å². The zero-order chi connectivity index (χ0) is 39.3. The second-order valence-corrected chi connectivity index (χ2v) is 16.5. The van der Waals surface area contributed by atoms with E-state index in [-0.39, 0.29) is 12.5 Å². The van der Waals surface area contributed by atoms with Gasteiger partial charge in [0.25, 0.3) is 0 Å². The number of hydrogen-bond donors (Lipinski definition) is 3. The maximum atomic E-state index is 12.4. The lowest BCUT2D eigenvalue weighted by Crippen LogP contribution is -2.45. The molecule has 0 fully saturated rings. The molecular formula is C50H95NO3.